The summed E-state index contributed by atoms with van der Waals surface area (Å²) in [6.07, 6.45) is 1.94. The van der Waals surface area contributed by atoms with Gasteiger partial charge in [0.25, 0.3) is 0 Å². The molecule has 1 unspecified atom stereocenters. The van der Waals surface area contributed by atoms with E-state index in [1.807, 2.05) is 6.08 Å². The summed E-state index contributed by atoms with van der Waals surface area (Å²) in [4.78, 5) is 4.14. The highest BCUT2D eigenvalue weighted by Crippen LogP contribution is 2.25. The molecule has 0 amide bonds. The summed E-state index contributed by atoms with van der Waals surface area (Å²) < 4.78 is 10.3. The van der Waals surface area contributed by atoms with Crippen molar-refractivity contribution in [2.75, 3.05) is 13.7 Å². The van der Waals surface area contributed by atoms with Gasteiger partial charge in [0.2, 0.25) is 5.88 Å². The van der Waals surface area contributed by atoms with Crippen molar-refractivity contribution in [1.82, 2.24) is 4.98 Å². The van der Waals surface area contributed by atoms with Gasteiger partial charge in [0.15, 0.2) is 6.10 Å². The van der Waals surface area contributed by atoms with Crippen LogP contribution >= 0.6 is 0 Å². The quantitative estimate of drug-likeness (QED) is 0.814. The van der Waals surface area contributed by atoms with Crippen molar-refractivity contribution < 1.29 is 14.6 Å². The zero-order valence-corrected chi connectivity index (χ0v) is 8.51. The average Bonchev–Trinajstić information content (AvgIpc) is 2.81. The van der Waals surface area contributed by atoms with Crippen LogP contribution in [0.2, 0.25) is 0 Å². The Bertz CT molecular complexity index is 376. The van der Waals surface area contributed by atoms with Crippen LogP contribution in [0.15, 0.2) is 30.0 Å². The second kappa shape index (κ2) is 4.31. The average molecular weight is 207 g/mol. The molecule has 0 radical (unpaired) electrons. The second-order valence-corrected chi connectivity index (χ2v) is 3.25. The number of ether oxygens (including phenoxy) is 2. The van der Waals surface area contributed by atoms with E-state index in [9.17, 15) is 5.11 Å². The van der Waals surface area contributed by atoms with E-state index in [4.69, 9.17) is 9.47 Å². The Morgan fingerprint density at radius 1 is 1.53 bits per heavy atom. The number of aromatic nitrogens is 1. The third-order valence-electron chi connectivity index (χ3n) is 2.24. The molecular weight excluding hydrogens is 194 g/mol. The van der Waals surface area contributed by atoms with E-state index in [0.717, 1.165) is 6.42 Å². The fourth-order valence-corrected chi connectivity index (χ4v) is 1.47. The Kier molecular flexibility index (Phi) is 2.87. The summed E-state index contributed by atoms with van der Waals surface area (Å²) in [6.45, 7) is 0.635. The molecular formula is C11H13NO3. The van der Waals surface area contributed by atoms with Gasteiger partial charge in [-0.2, -0.15) is 0 Å². The number of pyridine rings is 1. The van der Waals surface area contributed by atoms with Crippen molar-refractivity contribution >= 4 is 0 Å². The summed E-state index contributed by atoms with van der Waals surface area (Å²) in [7, 11) is 1.55. The van der Waals surface area contributed by atoms with Gasteiger partial charge in [0, 0.05) is 12.5 Å². The van der Waals surface area contributed by atoms with Crippen molar-refractivity contribution in [1.29, 1.82) is 0 Å². The summed E-state index contributed by atoms with van der Waals surface area (Å²) in [5.41, 5.74) is 0.544. The molecule has 80 valence electrons. The number of aliphatic hydroxyl groups is 1. The van der Waals surface area contributed by atoms with Gasteiger partial charge in [0.1, 0.15) is 5.76 Å². The number of aliphatic hydroxyl groups excluding tert-OH is 1. The van der Waals surface area contributed by atoms with Gasteiger partial charge in [-0.3, -0.25) is 0 Å². The number of nitrogens with zero attached hydrogens (tertiary/aromatic N) is 1. The van der Waals surface area contributed by atoms with E-state index in [1.165, 1.54) is 0 Å². The minimum Gasteiger partial charge on any atom is -0.495 e. The summed E-state index contributed by atoms with van der Waals surface area (Å²) in [5, 5.41) is 9.93. The predicted molar refractivity (Wildman–Crippen MR) is 54.4 cm³/mol. The van der Waals surface area contributed by atoms with Crippen molar-refractivity contribution in [3.8, 4) is 5.88 Å². The monoisotopic (exact) mass is 207 g/mol. The summed E-state index contributed by atoms with van der Waals surface area (Å²) in [5.74, 6) is 1.07. The van der Waals surface area contributed by atoms with E-state index < -0.39 is 6.10 Å². The number of methoxy groups -OCH3 is 1. The van der Waals surface area contributed by atoms with E-state index in [1.54, 1.807) is 25.3 Å². The minimum absolute atomic E-state index is 0.491. The highest BCUT2D eigenvalue weighted by Gasteiger charge is 2.19. The van der Waals surface area contributed by atoms with E-state index in [2.05, 4.69) is 4.98 Å². The zero-order chi connectivity index (χ0) is 10.7. The molecule has 1 aromatic heterocycles. The normalized spacial score (nSPS) is 16.8. The molecule has 1 aliphatic heterocycles. The molecule has 4 nitrogen and oxygen atoms in total. The molecule has 15 heavy (non-hydrogen) atoms. The maximum atomic E-state index is 9.93. The van der Waals surface area contributed by atoms with Gasteiger partial charge < -0.3 is 14.6 Å². The first kappa shape index (κ1) is 9.98. The third-order valence-corrected chi connectivity index (χ3v) is 2.24. The molecule has 1 aliphatic rings. The lowest BCUT2D eigenvalue weighted by molar-refractivity contribution is 0.115. The number of hydrogen-bond acceptors (Lipinski definition) is 4. The predicted octanol–water partition coefficient (Wildman–Crippen LogP) is 1.43. The fraction of sp³-hybridized carbons (Fsp3) is 0.364. The molecule has 0 aliphatic carbocycles. The van der Waals surface area contributed by atoms with Gasteiger partial charge in [-0.05, 0) is 12.1 Å². The van der Waals surface area contributed by atoms with Crippen molar-refractivity contribution in [2.45, 2.75) is 12.5 Å². The van der Waals surface area contributed by atoms with Gasteiger partial charge in [-0.15, -0.1) is 0 Å². The van der Waals surface area contributed by atoms with Crippen LogP contribution in [-0.4, -0.2) is 23.8 Å². The maximum Gasteiger partial charge on any atom is 0.213 e. The Balaban J connectivity index is 2.20. The van der Waals surface area contributed by atoms with Crippen LogP contribution in [0.25, 0.3) is 0 Å². The first-order chi connectivity index (χ1) is 7.31. The van der Waals surface area contributed by atoms with Crippen LogP contribution in [0.4, 0.5) is 0 Å². The first-order valence-electron chi connectivity index (χ1n) is 4.83. The molecule has 1 aromatic rings. The molecule has 0 saturated carbocycles. The Morgan fingerprint density at radius 3 is 3.07 bits per heavy atom. The molecule has 1 atom stereocenters. The van der Waals surface area contributed by atoms with Crippen LogP contribution < -0.4 is 4.74 Å². The zero-order valence-electron chi connectivity index (χ0n) is 8.51. The molecule has 0 fully saturated rings. The molecule has 0 bridgehead atoms. The minimum atomic E-state index is -0.789. The summed E-state index contributed by atoms with van der Waals surface area (Å²) >= 11 is 0. The van der Waals surface area contributed by atoms with Gasteiger partial charge in [0.05, 0.1) is 19.4 Å². The molecule has 2 rings (SSSR count). The standard InChI is InChI=1S/C11H13NO3/c1-14-10-6-2-4-8(12-10)11(13)9-5-3-7-15-9/h2,4-6,11,13H,3,7H2,1H3. The van der Waals surface area contributed by atoms with Gasteiger partial charge in [-0.1, -0.05) is 6.07 Å². The Hall–Kier alpha value is -1.55. The maximum absolute atomic E-state index is 9.93. The van der Waals surface area contributed by atoms with E-state index in [0.29, 0.717) is 23.9 Å². The number of hydrogen-bond donors (Lipinski definition) is 1. The van der Waals surface area contributed by atoms with Crippen molar-refractivity contribution in [3.63, 3.8) is 0 Å². The SMILES string of the molecule is COc1cccc(C(O)C2=CCCO2)n1. The van der Waals surface area contributed by atoms with Crippen LogP contribution in [0.5, 0.6) is 5.88 Å². The molecule has 2 heterocycles. The van der Waals surface area contributed by atoms with Crippen LogP contribution in [0.3, 0.4) is 0 Å². The smallest absolute Gasteiger partial charge is 0.213 e. The van der Waals surface area contributed by atoms with Crippen LogP contribution in [0.1, 0.15) is 18.2 Å². The highest BCUT2D eigenvalue weighted by atomic mass is 16.5. The number of rotatable bonds is 3. The Labute approximate surface area is 88.2 Å². The van der Waals surface area contributed by atoms with Crippen molar-refractivity contribution in [2.24, 2.45) is 0 Å². The molecule has 1 N–H and O–H groups in total. The topological polar surface area (TPSA) is 51.6 Å². The van der Waals surface area contributed by atoms with Crippen LogP contribution in [-0.2, 0) is 4.74 Å². The van der Waals surface area contributed by atoms with Gasteiger partial charge in [-0.25, -0.2) is 4.98 Å². The molecule has 0 spiro atoms. The van der Waals surface area contributed by atoms with E-state index >= 15 is 0 Å². The first-order valence-corrected chi connectivity index (χ1v) is 4.83. The molecule has 0 aromatic carbocycles. The van der Waals surface area contributed by atoms with E-state index in [-0.39, 0.29) is 0 Å². The molecule has 4 heteroatoms. The lowest BCUT2D eigenvalue weighted by Gasteiger charge is -2.12. The van der Waals surface area contributed by atoms with Gasteiger partial charge >= 0.3 is 0 Å². The highest BCUT2D eigenvalue weighted by molar-refractivity contribution is 5.22. The fourth-order valence-electron chi connectivity index (χ4n) is 1.47. The summed E-state index contributed by atoms with van der Waals surface area (Å²) in [6, 6.07) is 5.27. The molecule has 0 saturated heterocycles. The lowest BCUT2D eigenvalue weighted by atomic mass is 10.2. The Morgan fingerprint density at radius 2 is 2.40 bits per heavy atom. The third kappa shape index (κ3) is 2.10. The van der Waals surface area contributed by atoms with Crippen LogP contribution in [0, 0.1) is 0 Å². The lowest BCUT2D eigenvalue weighted by Crippen LogP contribution is -2.05. The largest absolute Gasteiger partial charge is 0.495 e. The van der Waals surface area contributed by atoms with Crippen molar-refractivity contribution in [3.05, 3.63) is 35.7 Å². The second-order valence-electron chi connectivity index (χ2n) is 3.25.